The van der Waals surface area contributed by atoms with Crippen molar-refractivity contribution in [3.63, 3.8) is 0 Å². The van der Waals surface area contributed by atoms with Gasteiger partial charge in [-0.2, -0.15) is 13.2 Å². The van der Waals surface area contributed by atoms with Crippen molar-refractivity contribution < 1.29 is 27.1 Å². The Morgan fingerprint density at radius 1 is 0.952 bits per heavy atom. The molecule has 0 aromatic heterocycles. The Labute approximate surface area is 117 Å². The molecule has 2 aromatic rings. The van der Waals surface area contributed by atoms with E-state index in [1.165, 1.54) is 12.1 Å². The Morgan fingerprint density at radius 3 is 2.14 bits per heavy atom. The highest BCUT2D eigenvalue weighted by Crippen LogP contribution is 2.33. The first-order valence-corrected chi connectivity index (χ1v) is 6.00. The van der Waals surface area contributed by atoms with E-state index in [9.17, 15) is 27.1 Å². The second-order valence-electron chi connectivity index (χ2n) is 4.70. The molecule has 6 heteroatoms. The molecule has 0 aliphatic carbocycles. The summed E-state index contributed by atoms with van der Waals surface area (Å²) in [4.78, 5) is 0. The number of aliphatic hydroxyl groups excluding tert-OH is 1. The van der Waals surface area contributed by atoms with Crippen molar-refractivity contribution in [1.82, 2.24) is 0 Å². The molecule has 2 aromatic carbocycles. The van der Waals surface area contributed by atoms with E-state index in [4.69, 9.17) is 0 Å². The summed E-state index contributed by atoms with van der Waals surface area (Å²) in [7, 11) is 0. The minimum Gasteiger partial charge on any atom is -0.384 e. The van der Waals surface area contributed by atoms with Crippen LogP contribution in [0.4, 0.5) is 22.0 Å². The van der Waals surface area contributed by atoms with E-state index in [1.807, 2.05) is 0 Å². The van der Waals surface area contributed by atoms with Crippen LogP contribution in [0.25, 0.3) is 0 Å². The second kappa shape index (κ2) is 5.44. The quantitative estimate of drug-likeness (QED) is 0.817. The fourth-order valence-corrected chi connectivity index (χ4v) is 2.05. The number of alkyl halides is 3. The van der Waals surface area contributed by atoms with E-state index >= 15 is 0 Å². The minimum absolute atomic E-state index is 0.0782. The van der Waals surface area contributed by atoms with Crippen LogP contribution in [0.2, 0.25) is 0 Å². The average molecular weight is 302 g/mol. The molecule has 0 bridgehead atoms. The molecule has 1 unspecified atom stereocenters. The first-order chi connectivity index (χ1) is 9.68. The molecular formula is C15H11F5O. The summed E-state index contributed by atoms with van der Waals surface area (Å²) in [5.41, 5.74) is -0.803. The van der Waals surface area contributed by atoms with Gasteiger partial charge in [-0.15, -0.1) is 0 Å². The van der Waals surface area contributed by atoms with Crippen LogP contribution in [-0.4, -0.2) is 5.11 Å². The molecule has 0 heterocycles. The van der Waals surface area contributed by atoms with Gasteiger partial charge in [-0.1, -0.05) is 12.1 Å². The lowest BCUT2D eigenvalue weighted by atomic mass is 9.98. The smallest absolute Gasteiger partial charge is 0.384 e. The number of rotatable bonds is 2. The lowest BCUT2D eigenvalue weighted by Crippen LogP contribution is -2.09. The highest BCUT2D eigenvalue weighted by atomic mass is 19.4. The van der Waals surface area contributed by atoms with E-state index in [2.05, 4.69) is 0 Å². The molecular weight excluding hydrogens is 291 g/mol. The van der Waals surface area contributed by atoms with Gasteiger partial charge in [-0.3, -0.25) is 0 Å². The standard InChI is InChI=1S/C15H11F5O/c1-8-4-10(6-11(16)5-8)14(21)9-2-3-12(13(17)7-9)15(18,19)20/h2-7,14,21H,1H3. The number of hydrogen-bond donors (Lipinski definition) is 1. The Kier molecular flexibility index (Phi) is 4.00. The van der Waals surface area contributed by atoms with E-state index in [1.54, 1.807) is 6.92 Å². The van der Waals surface area contributed by atoms with Gasteiger partial charge in [0.15, 0.2) is 0 Å². The fraction of sp³-hybridized carbons (Fsp3) is 0.200. The maximum Gasteiger partial charge on any atom is 0.419 e. The van der Waals surface area contributed by atoms with Gasteiger partial charge >= 0.3 is 6.18 Å². The fourth-order valence-electron chi connectivity index (χ4n) is 2.05. The van der Waals surface area contributed by atoms with Gasteiger partial charge in [0.05, 0.1) is 5.56 Å². The molecule has 1 nitrogen and oxygen atoms in total. The van der Waals surface area contributed by atoms with E-state index < -0.39 is 29.5 Å². The third kappa shape index (κ3) is 3.39. The summed E-state index contributed by atoms with van der Waals surface area (Å²) >= 11 is 0. The van der Waals surface area contributed by atoms with Gasteiger partial charge < -0.3 is 5.11 Å². The van der Waals surface area contributed by atoms with Gasteiger partial charge in [0.2, 0.25) is 0 Å². The molecule has 1 atom stereocenters. The van der Waals surface area contributed by atoms with Crippen molar-refractivity contribution >= 4 is 0 Å². The topological polar surface area (TPSA) is 20.2 Å². The normalized spacial score (nSPS) is 13.3. The molecule has 21 heavy (non-hydrogen) atoms. The second-order valence-corrected chi connectivity index (χ2v) is 4.70. The molecule has 0 saturated heterocycles. The maximum absolute atomic E-state index is 13.5. The van der Waals surface area contributed by atoms with E-state index in [-0.39, 0.29) is 11.1 Å². The maximum atomic E-state index is 13.5. The van der Waals surface area contributed by atoms with Crippen LogP contribution in [0, 0.1) is 18.6 Å². The van der Waals surface area contributed by atoms with E-state index in [0.717, 1.165) is 12.1 Å². The Hall–Kier alpha value is -1.95. The van der Waals surface area contributed by atoms with Crippen LogP contribution in [0.5, 0.6) is 0 Å². The number of benzene rings is 2. The van der Waals surface area contributed by atoms with Gasteiger partial charge in [-0.05, 0) is 47.9 Å². The minimum atomic E-state index is -4.80. The van der Waals surface area contributed by atoms with Crippen molar-refractivity contribution in [1.29, 1.82) is 0 Å². The largest absolute Gasteiger partial charge is 0.419 e. The van der Waals surface area contributed by atoms with Gasteiger partial charge in [-0.25, -0.2) is 8.78 Å². The Balaban J connectivity index is 2.40. The first kappa shape index (κ1) is 15.4. The molecule has 1 N–H and O–H groups in total. The number of hydrogen-bond acceptors (Lipinski definition) is 1. The molecule has 0 spiro atoms. The predicted molar refractivity (Wildman–Crippen MR) is 66.6 cm³/mol. The Bertz CT molecular complexity index is 643. The van der Waals surface area contributed by atoms with Crippen molar-refractivity contribution in [2.75, 3.05) is 0 Å². The van der Waals surface area contributed by atoms with Crippen molar-refractivity contribution in [3.8, 4) is 0 Å². The van der Waals surface area contributed by atoms with Crippen LogP contribution in [-0.2, 0) is 6.18 Å². The molecule has 112 valence electrons. The predicted octanol–water partition coefficient (Wildman–Crippen LogP) is 4.37. The third-order valence-electron chi connectivity index (χ3n) is 2.99. The van der Waals surface area contributed by atoms with Crippen LogP contribution in [0.1, 0.15) is 28.4 Å². The van der Waals surface area contributed by atoms with Crippen LogP contribution in [0.15, 0.2) is 36.4 Å². The highest BCUT2D eigenvalue weighted by Gasteiger charge is 2.34. The SMILES string of the molecule is Cc1cc(F)cc(C(O)c2ccc(C(F)(F)F)c(F)c2)c1. The first-order valence-electron chi connectivity index (χ1n) is 6.00. The summed E-state index contributed by atoms with van der Waals surface area (Å²) in [6, 6.07) is 5.89. The molecule has 0 aliphatic heterocycles. The zero-order chi connectivity index (χ0) is 15.8. The van der Waals surface area contributed by atoms with Gasteiger partial charge in [0.1, 0.15) is 17.7 Å². The van der Waals surface area contributed by atoms with Crippen LogP contribution in [0.3, 0.4) is 0 Å². The summed E-state index contributed by atoms with van der Waals surface area (Å²) in [6.07, 6.45) is -6.21. The monoisotopic (exact) mass is 302 g/mol. The summed E-state index contributed by atoms with van der Waals surface area (Å²) in [5.74, 6) is -2.07. The molecule has 0 fully saturated rings. The van der Waals surface area contributed by atoms with Crippen LogP contribution < -0.4 is 0 Å². The summed E-state index contributed by atoms with van der Waals surface area (Å²) in [5, 5.41) is 10.0. The number of aryl methyl sites for hydroxylation is 1. The molecule has 0 amide bonds. The third-order valence-corrected chi connectivity index (χ3v) is 2.99. The van der Waals surface area contributed by atoms with Crippen LogP contribution >= 0.6 is 0 Å². The summed E-state index contributed by atoms with van der Waals surface area (Å²) in [6.45, 7) is 1.60. The van der Waals surface area contributed by atoms with Crippen molar-refractivity contribution in [3.05, 3.63) is 70.3 Å². The highest BCUT2D eigenvalue weighted by molar-refractivity contribution is 5.35. The van der Waals surface area contributed by atoms with E-state index in [0.29, 0.717) is 17.7 Å². The number of halogens is 5. The van der Waals surface area contributed by atoms with Gasteiger partial charge in [0.25, 0.3) is 0 Å². The molecule has 0 aliphatic rings. The molecule has 0 radical (unpaired) electrons. The molecule has 0 saturated carbocycles. The lowest BCUT2D eigenvalue weighted by Gasteiger charge is -2.14. The zero-order valence-electron chi connectivity index (χ0n) is 10.9. The zero-order valence-corrected chi connectivity index (χ0v) is 10.9. The van der Waals surface area contributed by atoms with Crippen molar-refractivity contribution in [2.45, 2.75) is 19.2 Å². The molecule has 2 rings (SSSR count). The average Bonchev–Trinajstić information content (AvgIpc) is 2.35. The number of aliphatic hydroxyl groups is 1. The summed E-state index contributed by atoms with van der Waals surface area (Å²) < 4.78 is 64.1. The lowest BCUT2D eigenvalue weighted by molar-refractivity contribution is -0.140. The Morgan fingerprint density at radius 2 is 1.62 bits per heavy atom. The van der Waals surface area contributed by atoms with Crippen molar-refractivity contribution in [2.24, 2.45) is 0 Å². The van der Waals surface area contributed by atoms with Gasteiger partial charge in [0, 0.05) is 0 Å².